The van der Waals surface area contributed by atoms with Gasteiger partial charge in [-0.2, -0.15) is 83.4 Å². The summed E-state index contributed by atoms with van der Waals surface area (Å²) in [5.41, 5.74) is -6.37. The van der Waals surface area contributed by atoms with Crippen LogP contribution in [0.1, 0.15) is 60.6 Å². The summed E-state index contributed by atoms with van der Waals surface area (Å²) < 4.78 is 239. The van der Waals surface area contributed by atoms with E-state index in [0.717, 1.165) is 0 Å². The van der Waals surface area contributed by atoms with Gasteiger partial charge in [0.05, 0.1) is 6.42 Å². The third-order valence-electron chi connectivity index (χ3n) is 7.64. The molecule has 0 N–H and O–H groups in total. The zero-order valence-electron chi connectivity index (χ0n) is 31.7. The van der Waals surface area contributed by atoms with Crippen LogP contribution in [0.15, 0.2) is 60.9 Å². The number of aryl methyl sites for hydroxylation is 2. The fourth-order valence-electron chi connectivity index (χ4n) is 4.29. The number of ketones is 2. The summed E-state index contributed by atoms with van der Waals surface area (Å²) in [5, 5.41) is 0. The van der Waals surface area contributed by atoms with Crippen molar-refractivity contribution in [2.75, 3.05) is 0 Å². The van der Waals surface area contributed by atoms with Gasteiger partial charge in [-0.25, -0.2) is 0 Å². The Bertz CT molecular complexity index is 2000. The van der Waals surface area contributed by atoms with Gasteiger partial charge < -0.3 is 9.97 Å². The SMILES string of the molecule is CC(C)(C)C(=O)CC(=O)C(F)(F)C(F)(F)C(F)(F)F.Cc1ccnc(-c2[c-]c(C(F)(F)F)cc(C(F)(F)F)c2)c1.Cc1ccnc(-c2[c-]c(C(F)(F)F)cc(C(F)(F)F)c2)c1.[Ir]. The predicted molar refractivity (Wildman–Crippen MR) is 177 cm³/mol. The van der Waals surface area contributed by atoms with Gasteiger partial charge in [-0.05, 0) is 59.6 Å². The molecule has 0 unspecified atom stereocenters. The molecular formula is C38H27F19IrN2O2-2. The normalized spacial score (nSPS) is 12.9. The van der Waals surface area contributed by atoms with Crippen LogP contribution in [0, 0.1) is 31.4 Å². The van der Waals surface area contributed by atoms with Gasteiger partial charge in [0.2, 0.25) is 5.78 Å². The molecule has 0 amide bonds. The monoisotopic (exact) mass is 1100 g/mol. The summed E-state index contributed by atoms with van der Waals surface area (Å²) in [7, 11) is 0. The molecule has 4 nitrogen and oxygen atoms in total. The van der Waals surface area contributed by atoms with Crippen molar-refractivity contribution >= 4 is 11.6 Å². The van der Waals surface area contributed by atoms with Crippen LogP contribution >= 0.6 is 0 Å². The molecule has 2 aromatic carbocycles. The Morgan fingerprint density at radius 1 is 0.516 bits per heavy atom. The topological polar surface area (TPSA) is 59.9 Å². The molecule has 0 saturated carbocycles. The molecule has 0 bridgehead atoms. The number of rotatable bonds is 6. The van der Waals surface area contributed by atoms with Gasteiger partial charge in [-0.1, -0.05) is 44.0 Å². The number of hydrogen-bond acceptors (Lipinski definition) is 4. The smallest absolute Gasteiger partial charge is 0.305 e. The maximum atomic E-state index is 12.9. The molecule has 0 saturated heterocycles. The second kappa shape index (κ2) is 19.4. The Hall–Kier alpha value is -4.60. The number of hydrogen-bond donors (Lipinski definition) is 0. The minimum absolute atomic E-state index is 0. The van der Waals surface area contributed by atoms with E-state index in [2.05, 4.69) is 9.97 Å². The number of Topliss-reactive ketones (excluding diaryl/α,β-unsaturated/α-hetero) is 2. The number of aromatic nitrogens is 2. The minimum atomic E-state index is -6.59. The van der Waals surface area contributed by atoms with E-state index in [1.165, 1.54) is 45.3 Å². The average Bonchev–Trinajstić information content (AvgIpc) is 3.09. The van der Waals surface area contributed by atoms with Crippen molar-refractivity contribution in [1.29, 1.82) is 0 Å². The van der Waals surface area contributed by atoms with Crippen LogP contribution in [-0.4, -0.2) is 39.6 Å². The minimum Gasteiger partial charge on any atom is -0.305 e. The Labute approximate surface area is 352 Å². The van der Waals surface area contributed by atoms with Crippen LogP contribution in [0.2, 0.25) is 0 Å². The molecule has 0 aliphatic rings. The summed E-state index contributed by atoms with van der Waals surface area (Å²) in [6, 6.07) is 11.2. The third-order valence-corrected chi connectivity index (χ3v) is 7.64. The third kappa shape index (κ3) is 14.8. The van der Waals surface area contributed by atoms with Crippen molar-refractivity contribution in [3.05, 3.63) is 106 Å². The second-order valence-electron chi connectivity index (χ2n) is 13.7. The van der Waals surface area contributed by atoms with Crippen molar-refractivity contribution in [2.45, 2.75) is 83.8 Å². The number of carbonyl (C=O) groups is 2. The fourth-order valence-corrected chi connectivity index (χ4v) is 4.29. The van der Waals surface area contributed by atoms with E-state index in [0.29, 0.717) is 23.3 Å². The number of pyridine rings is 2. The molecule has 1 radical (unpaired) electrons. The first kappa shape index (κ1) is 55.4. The van der Waals surface area contributed by atoms with E-state index >= 15 is 0 Å². The van der Waals surface area contributed by atoms with Crippen LogP contribution in [0.5, 0.6) is 0 Å². The Morgan fingerprint density at radius 3 is 1.11 bits per heavy atom. The molecule has 0 fully saturated rings. The largest absolute Gasteiger partial charge is 0.460 e. The molecule has 345 valence electrons. The molecule has 2 heterocycles. The molecule has 0 spiro atoms. The maximum absolute atomic E-state index is 12.9. The fraction of sp³-hybridized carbons (Fsp3) is 0.368. The Balaban J connectivity index is 0.000000462. The van der Waals surface area contributed by atoms with E-state index in [9.17, 15) is 93.0 Å². The molecule has 0 atom stereocenters. The molecule has 4 rings (SSSR count). The quantitative estimate of drug-likeness (QED) is 0.110. The summed E-state index contributed by atoms with van der Waals surface area (Å²) in [6.07, 6.45) is -25.3. The molecule has 0 aliphatic heterocycles. The average molecular weight is 1100 g/mol. The number of benzene rings is 2. The van der Waals surface area contributed by atoms with Crippen molar-refractivity contribution in [3.8, 4) is 22.5 Å². The van der Waals surface area contributed by atoms with Crippen LogP contribution in [0.25, 0.3) is 22.5 Å². The number of alkyl halides is 19. The van der Waals surface area contributed by atoms with E-state index < -0.39 is 88.4 Å². The molecule has 24 heteroatoms. The van der Waals surface area contributed by atoms with Crippen molar-refractivity contribution < 1.29 is 113 Å². The van der Waals surface area contributed by atoms with E-state index in [1.807, 2.05) is 12.1 Å². The van der Waals surface area contributed by atoms with Crippen molar-refractivity contribution in [2.24, 2.45) is 5.41 Å². The number of carbonyl (C=O) groups excluding carboxylic acids is 2. The molecule has 2 aromatic heterocycles. The Morgan fingerprint density at radius 2 is 0.855 bits per heavy atom. The van der Waals surface area contributed by atoms with Gasteiger partial charge in [0.25, 0.3) is 0 Å². The summed E-state index contributed by atoms with van der Waals surface area (Å²) in [5.74, 6) is -16.4. The van der Waals surface area contributed by atoms with Gasteiger partial charge in [-0.3, -0.25) is 9.59 Å². The van der Waals surface area contributed by atoms with Crippen LogP contribution < -0.4 is 0 Å². The van der Waals surface area contributed by atoms with Crippen molar-refractivity contribution in [3.63, 3.8) is 0 Å². The standard InChI is InChI=1S/2C14H8F6N.C10H11F7O2.Ir/c2*1-8-2-3-21-12(4-8)9-5-10(13(15,16)17)7-11(6-9)14(18,19)20;1-7(2,3)5(18)4-6(19)8(11,12)9(13,14)10(15,16)17;/h2*2-5,7H,1H3;4H2,1-3H3;/q2*-1;;. The second-order valence-corrected chi connectivity index (χ2v) is 13.7. The maximum Gasteiger partial charge on any atom is 0.460 e. The first-order valence-electron chi connectivity index (χ1n) is 16.4. The van der Waals surface area contributed by atoms with Gasteiger partial charge in [0, 0.05) is 37.9 Å². The predicted octanol–water partition coefficient (Wildman–Crippen LogP) is 13.2. The number of halogens is 19. The van der Waals surface area contributed by atoms with Crippen LogP contribution in [0.3, 0.4) is 0 Å². The zero-order valence-corrected chi connectivity index (χ0v) is 34.1. The van der Waals surface area contributed by atoms with Crippen LogP contribution in [0.4, 0.5) is 83.4 Å². The summed E-state index contributed by atoms with van der Waals surface area (Å²) in [6.45, 7) is 6.95. The van der Waals surface area contributed by atoms with Gasteiger partial charge in [0.15, 0.2) is 0 Å². The van der Waals surface area contributed by atoms with Gasteiger partial charge in [0.1, 0.15) is 5.78 Å². The molecule has 62 heavy (non-hydrogen) atoms. The van der Waals surface area contributed by atoms with E-state index in [4.69, 9.17) is 0 Å². The first-order valence-corrected chi connectivity index (χ1v) is 16.4. The first-order chi connectivity index (χ1) is 27.2. The molecule has 4 aromatic rings. The molecule has 0 aliphatic carbocycles. The zero-order chi connectivity index (χ0) is 47.5. The van der Waals surface area contributed by atoms with Gasteiger partial charge in [-0.15, -0.1) is 47.5 Å². The summed E-state index contributed by atoms with van der Waals surface area (Å²) in [4.78, 5) is 29.7. The molecular weight excluding hydrogens is 1070 g/mol. The summed E-state index contributed by atoms with van der Waals surface area (Å²) >= 11 is 0. The van der Waals surface area contributed by atoms with E-state index in [1.54, 1.807) is 26.0 Å². The van der Waals surface area contributed by atoms with Crippen LogP contribution in [-0.2, 0) is 54.4 Å². The Kier molecular flexibility index (Phi) is 17.4. The van der Waals surface area contributed by atoms with Gasteiger partial charge >= 0.3 is 42.7 Å². The van der Waals surface area contributed by atoms with Crippen molar-refractivity contribution in [1.82, 2.24) is 9.97 Å². The van der Waals surface area contributed by atoms with E-state index in [-0.39, 0.29) is 54.8 Å². The number of nitrogens with zero attached hydrogens (tertiary/aromatic N) is 2.